The third kappa shape index (κ3) is 5.84. The molecule has 7 N–H and O–H groups in total. The predicted octanol–water partition coefficient (Wildman–Crippen LogP) is 8.33. The standard InChI is InChI=1S/C42H32O9/c43-28-9-2-22(3-10-28)1-4-25-15-33(48)21-36-38(25)39(41(50-36)24-7-13-30(45)14-8-24)27-18-34-37(26-16-31(46)20-32(47)17-26)40(51-42(34)35(49)19-27)23-5-11-29(44)12-6-23/h1-21,37,39-41,43-49H/b4-1+/t37-,39+,40+,41-/m1/s1. The summed E-state index contributed by atoms with van der Waals surface area (Å²) in [5.74, 6) is -0.564. The van der Waals surface area contributed by atoms with Gasteiger partial charge in [0.1, 0.15) is 52.5 Å². The summed E-state index contributed by atoms with van der Waals surface area (Å²) in [5, 5.41) is 73.3. The molecular formula is C42H32O9. The number of benzene rings is 6. The number of hydrogen-bond acceptors (Lipinski definition) is 9. The molecule has 6 aromatic carbocycles. The zero-order chi connectivity index (χ0) is 35.4. The molecular weight excluding hydrogens is 648 g/mol. The maximum absolute atomic E-state index is 11.7. The lowest BCUT2D eigenvalue weighted by atomic mass is 9.79. The summed E-state index contributed by atoms with van der Waals surface area (Å²) in [4.78, 5) is 0. The van der Waals surface area contributed by atoms with Gasteiger partial charge in [-0.05, 0) is 94.0 Å². The van der Waals surface area contributed by atoms with Crippen molar-refractivity contribution in [3.8, 4) is 51.7 Å². The van der Waals surface area contributed by atoms with Crippen LogP contribution in [0.4, 0.5) is 0 Å². The summed E-state index contributed by atoms with van der Waals surface area (Å²) < 4.78 is 13.0. The highest BCUT2D eigenvalue weighted by Gasteiger charge is 2.43. The second-order valence-corrected chi connectivity index (χ2v) is 12.8. The fourth-order valence-corrected chi connectivity index (χ4v) is 7.23. The van der Waals surface area contributed by atoms with Gasteiger partial charge in [0.05, 0.1) is 11.8 Å². The summed E-state index contributed by atoms with van der Waals surface area (Å²) in [6.45, 7) is 0. The van der Waals surface area contributed by atoms with Gasteiger partial charge in [-0.15, -0.1) is 0 Å². The molecule has 51 heavy (non-hydrogen) atoms. The average molecular weight is 681 g/mol. The average Bonchev–Trinajstić information content (AvgIpc) is 3.68. The molecule has 0 saturated heterocycles. The molecule has 0 bridgehead atoms. The van der Waals surface area contributed by atoms with Crippen LogP contribution in [0.2, 0.25) is 0 Å². The number of aromatic hydroxyl groups is 7. The fourth-order valence-electron chi connectivity index (χ4n) is 7.23. The first kappa shape index (κ1) is 31.5. The molecule has 2 aliphatic heterocycles. The van der Waals surface area contributed by atoms with Gasteiger partial charge in [0.15, 0.2) is 11.5 Å². The Morgan fingerprint density at radius 1 is 0.431 bits per heavy atom. The fraction of sp³-hybridized carbons (Fsp3) is 0.0952. The van der Waals surface area contributed by atoms with E-state index in [2.05, 4.69) is 0 Å². The second-order valence-electron chi connectivity index (χ2n) is 12.8. The number of rotatable bonds is 6. The lowest BCUT2D eigenvalue weighted by Crippen LogP contribution is -2.13. The molecule has 0 saturated carbocycles. The largest absolute Gasteiger partial charge is 0.508 e. The molecule has 0 aliphatic carbocycles. The van der Waals surface area contributed by atoms with Crippen LogP contribution in [-0.4, -0.2) is 35.7 Å². The van der Waals surface area contributed by atoms with Crippen molar-refractivity contribution in [2.24, 2.45) is 0 Å². The first-order valence-corrected chi connectivity index (χ1v) is 16.3. The van der Waals surface area contributed by atoms with E-state index in [1.165, 1.54) is 6.07 Å². The maximum Gasteiger partial charge on any atom is 0.165 e. The smallest absolute Gasteiger partial charge is 0.165 e. The summed E-state index contributed by atoms with van der Waals surface area (Å²) >= 11 is 0. The van der Waals surface area contributed by atoms with E-state index in [-0.39, 0.29) is 46.0 Å². The first-order valence-electron chi connectivity index (χ1n) is 16.3. The van der Waals surface area contributed by atoms with E-state index in [4.69, 9.17) is 9.47 Å². The lowest BCUT2D eigenvalue weighted by molar-refractivity contribution is 0.214. The number of phenols is 7. The zero-order valence-electron chi connectivity index (χ0n) is 26.9. The van der Waals surface area contributed by atoms with Gasteiger partial charge in [-0.2, -0.15) is 0 Å². The highest BCUT2D eigenvalue weighted by atomic mass is 16.5. The van der Waals surface area contributed by atoms with Crippen LogP contribution in [0.1, 0.15) is 68.6 Å². The van der Waals surface area contributed by atoms with Crippen LogP contribution in [0.3, 0.4) is 0 Å². The normalized spacial score (nSPS) is 19.0. The van der Waals surface area contributed by atoms with Crippen molar-refractivity contribution >= 4 is 12.2 Å². The predicted molar refractivity (Wildman–Crippen MR) is 190 cm³/mol. The monoisotopic (exact) mass is 680 g/mol. The van der Waals surface area contributed by atoms with Crippen LogP contribution >= 0.6 is 0 Å². The summed E-state index contributed by atoms with van der Waals surface area (Å²) in [5.41, 5.74) is 5.49. The number of phenolic OH excluding ortho intramolecular Hbond substituents is 7. The van der Waals surface area contributed by atoms with Gasteiger partial charge in [-0.3, -0.25) is 0 Å². The van der Waals surface area contributed by atoms with Gasteiger partial charge in [0, 0.05) is 23.3 Å². The molecule has 2 heterocycles. The third-order valence-electron chi connectivity index (χ3n) is 9.46. The Balaban J connectivity index is 1.32. The van der Waals surface area contributed by atoms with Gasteiger partial charge in [-0.1, -0.05) is 54.6 Å². The van der Waals surface area contributed by atoms with E-state index in [0.717, 1.165) is 16.7 Å². The first-order chi connectivity index (χ1) is 24.6. The Morgan fingerprint density at radius 3 is 1.57 bits per heavy atom. The molecule has 9 heteroatoms. The minimum Gasteiger partial charge on any atom is -0.508 e. The van der Waals surface area contributed by atoms with Crippen molar-refractivity contribution in [2.45, 2.75) is 24.0 Å². The minimum atomic E-state index is -0.691. The van der Waals surface area contributed by atoms with E-state index in [1.807, 2.05) is 18.2 Å². The molecule has 254 valence electrons. The quantitative estimate of drug-likeness (QED) is 0.0858. The van der Waals surface area contributed by atoms with Crippen molar-refractivity contribution in [3.63, 3.8) is 0 Å². The highest BCUT2D eigenvalue weighted by Crippen LogP contribution is 2.58. The van der Waals surface area contributed by atoms with E-state index in [9.17, 15) is 35.7 Å². The molecule has 0 amide bonds. The molecule has 6 aromatic rings. The second kappa shape index (κ2) is 12.3. The molecule has 2 aliphatic rings. The molecule has 9 nitrogen and oxygen atoms in total. The number of fused-ring (bicyclic) bond motifs is 2. The Morgan fingerprint density at radius 2 is 0.961 bits per heavy atom. The van der Waals surface area contributed by atoms with Gasteiger partial charge < -0.3 is 45.2 Å². The molecule has 8 rings (SSSR count). The molecule has 0 radical (unpaired) electrons. The van der Waals surface area contributed by atoms with Crippen LogP contribution in [-0.2, 0) is 0 Å². The number of ether oxygens (including phenoxy) is 2. The highest BCUT2D eigenvalue weighted by molar-refractivity contribution is 5.76. The molecule has 0 spiro atoms. The Labute approximate surface area is 292 Å². The van der Waals surface area contributed by atoms with E-state index < -0.39 is 24.0 Å². The Bertz CT molecular complexity index is 2270. The Hall–Kier alpha value is -6.74. The van der Waals surface area contributed by atoms with Crippen molar-refractivity contribution in [1.82, 2.24) is 0 Å². The maximum atomic E-state index is 11.7. The van der Waals surface area contributed by atoms with E-state index in [0.29, 0.717) is 33.6 Å². The van der Waals surface area contributed by atoms with Gasteiger partial charge in [0.2, 0.25) is 0 Å². The Kier molecular flexibility index (Phi) is 7.60. The van der Waals surface area contributed by atoms with Crippen LogP contribution in [0.25, 0.3) is 12.2 Å². The van der Waals surface area contributed by atoms with Crippen LogP contribution < -0.4 is 9.47 Å². The SMILES string of the molecule is Oc1ccc(/C=C/c2cc(O)cc3c2[C@H](c2cc(O)c4c(c2)[C@@H](c2cc(O)cc(O)c2)[C@H](c2ccc(O)cc2)O4)[C@@H](c2ccc(O)cc2)O3)cc1. The molecule has 0 aromatic heterocycles. The summed E-state index contributed by atoms with van der Waals surface area (Å²) in [6, 6.07) is 31.0. The third-order valence-corrected chi connectivity index (χ3v) is 9.46. The van der Waals surface area contributed by atoms with Crippen LogP contribution in [0.15, 0.2) is 115 Å². The summed E-state index contributed by atoms with van der Waals surface area (Å²) in [6.07, 6.45) is 2.39. The van der Waals surface area contributed by atoms with Crippen LogP contribution in [0, 0.1) is 0 Å². The zero-order valence-corrected chi connectivity index (χ0v) is 26.9. The van der Waals surface area contributed by atoms with Crippen molar-refractivity contribution < 1.29 is 45.2 Å². The van der Waals surface area contributed by atoms with E-state index >= 15 is 0 Å². The van der Waals surface area contributed by atoms with Gasteiger partial charge >= 0.3 is 0 Å². The van der Waals surface area contributed by atoms with Crippen molar-refractivity contribution in [2.75, 3.05) is 0 Å². The molecule has 4 atom stereocenters. The van der Waals surface area contributed by atoms with Crippen molar-refractivity contribution in [1.29, 1.82) is 0 Å². The van der Waals surface area contributed by atoms with Gasteiger partial charge in [0.25, 0.3) is 0 Å². The topological polar surface area (TPSA) is 160 Å². The molecule has 0 fully saturated rings. The van der Waals surface area contributed by atoms with Crippen molar-refractivity contribution in [3.05, 3.63) is 160 Å². The lowest BCUT2D eigenvalue weighted by Gasteiger charge is -2.23. The number of hydrogen-bond donors (Lipinski definition) is 7. The summed E-state index contributed by atoms with van der Waals surface area (Å²) in [7, 11) is 0. The van der Waals surface area contributed by atoms with Crippen LogP contribution in [0.5, 0.6) is 51.7 Å². The molecule has 0 unspecified atom stereocenters. The van der Waals surface area contributed by atoms with Gasteiger partial charge in [-0.25, -0.2) is 0 Å². The van der Waals surface area contributed by atoms with E-state index in [1.54, 1.807) is 103 Å². The minimum absolute atomic E-state index is 0.00471.